The van der Waals surface area contributed by atoms with Crippen molar-refractivity contribution in [3.8, 4) is 0 Å². The maximum absolute atomic E-state index is 14.1. The van der Waals surface area contributed by atoms with E-state index in [-0.39, 0.29) is 22.1 Å². The summed E-state index contributed by atoms with van der Waals surface area (Å²) in [7, 11) is -8.06. The van der Waals surface area contributed by atoms with E-state index in [1.54, 1.807) is 77.8 Å². The molecular formula is C38H35N5O5S2. The molecule has 1 aliphatic rings. The number of nitrogens with zero attached hydrogens (tertiary/aromatic N) is 3. The zero-order chi connectivity index (χ0) is 34.7. The molecule has 1 fully saturated rings. The molecule has 1 aliphatic heterocycles. The molecule has 50 heavy (non-hydrogen) atoms. The maximum atomic E-state index is 14.1. The quantitative estimate of drug-likeness (QED) is 0.195. The molecule has 12 heteroatoms. The zero-order valence-electron chi connectivity index (χ0n) is 27.0. The number of hydrogen-bond donors (Lipinski definition) is 2. The summed E-state index contributed by atoms with van der Waals surface area (Å²) in [6, 6.07) is 34.5. The standard InChI is InChI=1S/C38H35N5O5S2/c44-38(43-24-22-42(23-25-43)32-11-2-1-3-12-32)35(41-50(47,48)37-15-7-10-30-27-39-21-20-34(30)37)26-28-16-18-31(19-17-28)40-49(45,46)36-14-6-9-29-8-4-5-13-33(29)36/h1-21,27,35,40-41H,22-26H2. The summed E-state index contributed by atoms with van der Waals surface area (Å²) < 4.78 is 60.0. The van der Waals surface area contributed by atoms with Crippen molar-refractivity contribution in [2.45, 2.75) is 22.3 Å². The fourth-order valence-corrected chi connectivity index (χ4v) is 9.09. The maximum Gasteiger partial charge on any atom is 0.262 e. The van der Waals surface area contributed by atoms with Gasteiger partial charge >= 0.3 is 0 Å². The topological polar surface area (TPSA) is 129 Å². The van der Waals surface area contributed by atoms with E-state index in [0.717, 1.165) is 11.1 Å². The van der Waals surface area contributed by atoms with Crippen LogP contribution < -0.4 is 14.3 Å². The van der Waals surface area contributed by atoms with Gasteiger partial charge in [-0.25, -0.2) is 16.8 Å². The van der Waals surface area contributed by atoms with Gasteiger partial charge in [-0.1, -0.05) is 78.9 Å². The average molecular weight is 706 g/mol. The van der Waals surface area contributed by atoms with Crippen molar-refractivity contribution in [2.24, 2.45) is 0 Å². The van der Waals surface area contributed by atoms with Crippen LogP contribution in [0.3, 0.4) is 0 Å². The number of pyridine rings is 1. The van der Waals surface area contributed by atoms with Crippen LogP contribution in [-0.4, -0.2) is 64.8 Å². The third-order valence-corrected chi connectivity index (χ3v) is 11.9. The van der Waals surface area contributed by atoms with E-state index in [4.69, 9.17) is 0 Å². The van der Waals surface area contributed by atoms with E-state index >= 15 is 0 Å². The van der Waals surface area contributed by atoms with Crippen LogP contribution in [0.25, 0.3) is 21.5 Å². The van der Waals surface area contributed by atoms with Crippen LogP contribution in [-0.2, 0) is 31.3 Å². The van der Waals surface area contributed by atoms with Crippen LogP contribution in [0.5, 0.6) is 0 Å². The predicted molar refractivity (Wildman–Crippen MR) is 196 cm³/mol. The van der Waals surface area contributed by atoms with Crippen LogP contribution >= 0.6 is 0 Å². The number of rotatable bonds is 10. The summed E-state index contributed by atoms with van der Waals surface area (Å²) in [5, 5.41) is 2.59. The number of sulfonamides is 2. The third kappa shape index (κ3) is 7.04. The Labute approximate surface area is 291 Å². The highest BCUT2D eigenvalue weighted by atomic mass is 32.2. The Kier molecular flexibility index (Phi) is 9.23. The number of nitrogens with one attached hydrogen (secondary N) is 2. The number of carbonyl (C=O) groups is 1. The average Bonchev–Trinajstić information content (AvgIpc) is 3.14. The molecule has 1 amide bonds. The summed E-state index contributed by atoms with van der Waals surface area (Å²) in [6.07, 6.45) is 3.19. The van der Waals surface area contributed by atoms with Crippen molar-refractivity contribution in [1.29, 1.82) is 0 Å². The van der Waals surface area contributed by atoms with E-state index in [9.17, 15) is 21.6 Å². The van der Waals surface area contributed by atoms with Gasteiger partial charge in [-0.2, -0.15) is 4.72 Å². The number of amides is 1. The normalized spacial score (nSPS) is 14.5. The molecule has 1 unspecified atom stereocenters. The molecule has 0 spiro atoms. The first kappa shape index (κ1) is 33.2. The van der Waals surface area contributed by atoms with Gasteiger partial charge in [-0.3, -0.25) is 14.5 Å². The number of para-hydroxylation sites is 1. The van der Waals surface area contributed by atoms with Gasteiger partial charge in [0.25, 0.3) is 10.0 Å². The first-order valence-corrected chi connectivity index (χ1v) is 19.2. The van der Waals surface area contributed by atoms with Gasteiger partial charge in [-0.15, -0.1) is 0 Å². The summed E-state index contributed by atoms with van der Waals surface area (Å²) in [6.45, 7) is 2.08. The number of piperazine rings is 1. The molecule has 0 saturated carbocycles. The Balaban J connectivity index is 1.13. The molecule has 6 aromatic rings. The van der Waals surface area contributed by atoms with E-state index in [0.29, 0.717) is 53.6 Å². The van der Waals surface area contributed by atoms with Gasteiger partial charge in [-0.05, 0) is 59.8 Å². The number of hydrogen-bond acceptors (Lipinski definition) is 7. The van der Waals surface area contributed by atoms with Crippen LogP contribution in [0.4, 0.5) is 11.4 Å². The fraction of sp³-hybridized carbons (Fsp3) is 0.158. The molecule has 2 N–H and O–H groups in total. The first-order chi connectivity index (χ1) is 24.2. The minimum atomic E-state index is -4.15. The number of benzene rings is 5. The van der Waals surface area contributed by atoms with Crippen molar-refractivity contribution in [3.05, 3.63) is 139 Å². The van der Waals surface area contributed by atoms with Gasteiger partial charge in [0.15, 0.2) is 0 Å². The van der Waals surface area contributed by atoms with Crippen molar-refractivity contribution in [2.75, 3.05) is 35.8 Å². The minimum absolute atomic E-state index is 0.0552. The minimum Gasteiger partial charge on any atom is -0.368 e. The summed E-state index contributed by atoms with van der Waals surface area (Å²) >= 11 is 0. The second-order valence-electron chi connectivity index (χ2n) is 12.2. The Hall–Kier alpha value is -5.30. The molecule has 5 aromatic carbocycles. The summed E-state index contributed by atoms with van der Waals surface area (Å²) in [4.78, 5) is 22.3. The Morgan fingerprint density at radius 1 is 0.660 bits per heavy atom. The van der Waals surface area contributed by atoms with E-state index in [2.05, 4.69) is 19.3 Å². The van der Waals surface area contributed by atoms with Crippen LogP contribution in [0.1, 0.15) is 5.56 Å². The van der Waals surface area contributed by atoms with Gasteiger partial charge < -0.3 is 9.80 Å². The fourth-order valence-electron chi connectivity index (χ4n) is 6.39. The highest BCUT2D eigenvalue weighted by Crippen LogP contribution is 2.26. The lowest BCUT2D eigenvalue weighted by Crippen LogP contribution is -2.55. The molecule has 0 aliphatic carbocycles. The van der Waals surface area contributed by atoms with E-state index < -0.39 is 26.1 Å². The SMILES string of the molecule is O=C(C(Cc1ccc(NS(=O)(=O)c2cccc3ccccc23)cc1)NS(=O)(=O)c1cccc2cnccc12)N1CCN(c2ccccc2)CC1. The summed E-state index contributed by atoms with van der Waals surface area (Å²) in [5.41, 5.74) is 2.06. The smallest absolute Gasteiger partial charge is 0.262 e. The molecular weight excluding hydrogens is 671 g/mol. The largest absolute Gasteiger partial charge is 0.368 e. The summed E-state index contributed by atoms with van der Waals surface area (Å²) in [5.74, 6) is -0.330. The molecule has 1 saturated heterocycles. The number of fused-ring (bicyclic) bond motifs is 2. The zero-order valence-corrected chi connectivity index (χ0v) is 28.6. The monoisotopic (exact) mass is 705 g/mol. The van der Waals surface area contributed by atoms with Crippen LogP contribution in [0.2, 0.25) is 0 Å². The molecule has 7 rings (SSSR count). The number of aromatic nitrogens is 1. The van der Waals surface area contributed by atoms with Gasteiger partial charge in [0.2, 0.25) is 15.9 Å². The van der Waals surface area contributed by atoms with Gasteiger partial charge in [0.1, 0.15) is 6.04 Å². The molecule has 2 heterocycles. The van der Waals surface area contributed by atoms with Crippen molar-refractivity contribution in [1.82, 2.24) is 14.6 Å². The highest BCUT2D eigenvalue weighted by Gasteiger charge is 2.32. The molecule has 0 bridgehead atoms. The lowest BCUT2D eigenvalue weighted by molar-refractivity contribution is -0.133. The van der Waals surface area contributed by atoms with Crippen molar-refractivity contribution in [3.63, 3.8) is 0 Å². The van der Waals surface area contributed by atoms with Crippen molar-refractivity contribution >= 4 is 58.9 Å². The Morgan fingerprint density at radius 2 is 1.28 bits per heavy atom. The Bertz CT molecular complexity index is 2370. The first-order valence-electron chi connectivity index (χ1n) is 16.2. The number of anilines is 2. The lowest BCUT2D eigenvalue weighted by atomic mass is 10.0. The van der Waals surface area contributed by atoms with Gasteiger partial charge in [0.05, 0.1) is 9.79 Å². The Morgan fingerprint density at radius 3 is 2.02 bits per heavy atom. The molecule has 254 valence electrons. The second-order valence-corrected chi connectivity index (χ2v) is 15.5. The lowest BCUT2D eigenvalue weighted by Gasteiger charge is -2.37. The van der Waals surface area contributed by atoms with Crippen LogP contribution in [0, 0.1) is 0 Å². The molecule has 1 aromatic heterocycles. The molecule has 1 atom stereocenters. The van der Waals surface area contributed by atoms with Gasteiger partial charge in [0, 0.05) is 66.1 Å². The highest BCUT2D eigenvalue weighted by molar-refractivity contribution is 7.93. The van der Waals surface area contributed by atoms with Crippen molar-refractivity contribution < 1.29 is 21.6 Å². The molecule has 0 radical (unpaired) electrons. The second kappa shape index (κ2) is 13.9. The number of carbonyl (C=O) groups excluding carboxylic acids is 1. The molecule has 10 nitrogen and oxygen atoms in total. The van der Waals surface area contributed by atoms with E-state index in [1.165, 1.54) is 12.3 Å². The van der Waals surface area contributed by atoms with Crippen LogP contribution in [0.15, 0.2) is 144 Å². The predicted octanol–water partition coefficient (Wildman–Crippen LogP) is 5.43. The van der Waals surface area contributed by atoms with E-state index in [1.807, 2.05) is 48.5 Å². The third-order valence-electron chi connectivity index (χ3n) is 8.92.